The highest BCUT2D eigenvalue weighted by atomic mass is 35.5. The Labute approximate surface area is 157 Å². The molecule has 0 radical (unpaired) electrons. The van der Waals surface area contributed by atoms with Crippen molar-refractivity contribution in [2.45, 2.75) is 13.0 Å². The van der Waals surface area contributed by atoms with Crippen LogP contribution in [0, 0.1) is 5.41 Å². The summed E-state index contributed by atoms with van der Waals surface area (Å²) < 4.78 is 5.73. The van der Waals surface area contributed by atoms with Crippen LogP contribution in [0.2, 0.25) is 5.02 Å². The Balaban J connectivity index is 1.67. The van der Waals surface area contributed by atoms with Gasteiger partial charge < -0.3 is 15.5 Å². The van der Waals surface area contributed by atoms with Gasteiger partial charge in [-0.25, -0.2) is 0 Å². The van der Waals surface area contributed by atoms with E-state index in [0.717, 1.165) is 21.9 Å². The first kappa shape index (κ1) is 18.0. The SMILES string of the molecule is CC(NC(=O)COc1ccc(C=N)c2ccccc12)c1ccc(Cl)cc1. The first-order chi connectivity index (χ1) is 12.6. The van der Waals surface area contributed by atoms with Gasteiger partial charge in [-0.1, -0.05) is 48.0 Å². The minimum atomic E-state index is -0.201. The van der Waals surface area contributed by atoms with E-state index in [4.69, 9.17) is 21.7 Å². The van der Waals surface area contributed by atoms with Gasteiger partial charge in [0.05, 0.1) is 6.04 Å². The molecule has 1 amide bonds. The third kappa shape index (κ3) is 4.03. The molecule has 0 aromatic heterocycles. The van der Waals surface area contributed by atoms with Crippen LogP contribution in [0.4, 0.5) is 0 Å². The van der Waals surface area contributed by atoms with Crippen molar-refractivity contribution in [3.05, 3.63) is 76.8 Å². The normalized spacial score (nSPS) is 11.8. The van der Waals surface area contributed by atoms with Gasteiger partial charge in [0.1, 0.15) is 5.75 Å². The van der Waals surface area contributed by atoms with Crippen LogP contribution in [0.25, 0.3) is 10.8 Å². The van der Waals surface area contributed by atoms with Gasteiger partial charge in [-0.3, -0.25) is 4.79 Å². The summed E-state index contributed by atoms with van der Waals surface area (Å²) in [6, 6.07) is 18.5. The molecule has 4 nitrogen and oxygen atoms in total. The summed E-state index contributed by atoms with van der Waals surface area (Å²) >= 11 is 5.89. The smallest absolute Gasteiger partial charge is 0.258 e. The van der Waals surface area contributed by atoms with E-state index in [2.05, 4.69) is 5.32 Å². The van der Waals surface area contributed by atoms with E-state index in [9.17, 15) is 4.79 Å². The first-order valence-electron chi connectivity index (χ1n) is 8.28. The highest BCUT2D eigenvalue weighted by Crippen LogP contribution is 2.27. The highest BCUT2D eigenvalue weighted by molar-refractivity contribution is 6.30. The van der Waals surface area contributed by atoms with E-state index in [1.165, 1.54) is 6.21 Å². The molecule has 0 heterocycles. The van der Waals surface area contributed by atoms with E-state index in [0.29, 0.717) is 10.8 Å². The second kappa shape index (κ2) is 8.02. The third-order valence-electron chi connectivity index (χ3n) is 4.18. The van der Waals surface area contributed by atoms with Crippen LogP contribution in [-0.2, 0) is 4.79 Å². The van der Waals surface area contributed by atoms with Crippen LogP contribution in [0.15, 0.2) is 60.7 Å². The Bertz CT molecular complexity index is 938. The summed E-state index contributed by atoms with van der Waals surface area (Å²) in [5.41, 5.74) is 1.79. The van der Waals surface area contributed by atoms with Gasteiger partial charge in [0.25, 0.3) is 5.91 Å². The average Bonchev–Trinajstić information content (AvgIpc) is 2.66. The summed E-state index contributed by atoms with van der Waals surface area (Å²) in [5.74, 6) is 0.424. The molecule has 0 aliphatic rings. The highest BCUT2D eigenvalue weighted by Gasteiger charge is 2.11. The van der Waals surface area contributed by atoms with Gasteiger partial charge >= 0.3 is 0 Å². The summed E-state index contributed by atoms with van der Waals surface area (Å²) in [4.78, 5) is 12.2. The number of ether oxygens (including phenoxy) is 1. The van der Waals surface area contributed by atoms with Gasteiger partial charge in [-0.15, -0.1) is 0 Å². The minimum Gasteiger partial charge on any atom is -0.483 e. The van der Waals surface area contributed by atoms with Gasteiger partial charge in [0.2, 0.25) is 0 Å². The zero-order chi connectivity index (χ0) is 18.5. The van der Waals surface area contributed by atoms with Gasteiger partial charge in [-0.2, -0.15) is 0 Å². The van der Waals surface area contributed by atoms with Crippen LogP contribution < -0.4 is 10.1 Å². The number of halogens is 1. The zero-order valence-corrected chi connectivity index (χ0v) is 15.1. The van der Waals surface area contributed by atoms with E-state index < -0.39 is 0 Å². The Kier molecular flexibility index (Phi) is 5.54. The fourth-order valence-corrected chi connectivity index (χ4v) is 2.93. The number of carbonyl (C=O) groups excluding carboxylic acids is 1. The molecule has 0 bridgehead atoms. The fourth-order valence-electron chi connectivity index (χ4n) is 2.81. The standard InChI is InChI=1S/C21H19ClN2O2/c1-14(15-6-9-17(22)10-7-15)24-21(25)13-26-20-11-8-16(12-23)18-4-2-3-5-19(18)20/h2-12,14,23H,13H2,1H3,(H,24,25). The fraction of sp³-hybridized carbons (Fsp3) is 0.143. The van der Waals surface area contributed by atoms with E-state index in [1.807, 2.05) is 49.4 Å². The van der Waals surface area contributed by atoms with Crippen molar-refractivity contribution in [2.75, 3.05) is 6.61 Å². The number of rotatable bonds is 6. The largest absolute Gasteiger partial charge is 0.483 e. The summed E-state index contributed by atoms with van der Waals surface area (Å²) in [6.07, 6.45) is 1.31. The molecule has 0 saturated heterocycles. The average molecular weight is 367 g/mol. The van der Waals surface area contributed by atoms with Gasteiger partial charge in [0.15, 0.2) is 6.61 Å². The molecule has 3 aromatic rings. The second-order valence-electron chi connectivity index (χ2n) is 5.97. The molecule has 5 heteroatoms. The topological polar surface area (TPSA) is 62.2 Å². The molecule has 3 aromatic carbocycles. The predicted molar refractivity (Wildman–Crippen MR) is 105 cm³/mol. The van der Waals surface area contributed by atoms with Crippen molar-refractivity contribution in [2.24, 2.45) is 0 Å². The maximum Gasteiger partial charge on any atom is 0.258 e. The molecule has 0 saturated carbocycles. The number of carbonyl (C=O) groups is 1. The minimum absolute atomic E-state index is 0.0775. The third-order valence-corrected chi connectivity index (χ3v) is 4.43. The predicted octanol–water partition coefficient (Wildman–Crippen LogP) is 4.75. The Morgan fingerprint density at radius 1 is 1.12 bits per heavy atom. The lowest BCUT2D eigenvalue weighted by molar-refractivity contribution is -0.123. The number of amides is 1. The molecule has 26 heavy (non-hydrogen) atoms. The second-order valence-corrected chi connectivity index (χ2v) is 6.41. The van der Waals surface area contributed by atoms with Gasteiger partial charge in [0, 0.05) is 22.2 Å². The Morgan fingerprint density at radius 3 is 2.50 bits per heavy atom. The van der Waals surface area contributed by atoms with Crippen molar-refractivity contribution in [1.82, 2.24) is 5.32 Å². The maximum absolute atomic E-state index is 12.2. The number of nitrogens with one attached hydrogen (secondary N) is 2. The molecule has 0 fully saturated rings. The molecule has 1 unspecified atom stereocenters. The molecule has 2 N–H and O–H groups in total. The number of fused-ring (bicyclic) bond motifs is 1. The Morgan fingerprint density at radius 2 is 1.81 bits per heavy atom. The van der Waals surface area contributed by atoms with Crippen molar-refractivity contribution < 1.29 is 9.53 Å². The van der Waals surface area contributed by atoms with E-state index in [1.54, 1.807) is 18.2 Å². The van der Waals surface area contributed by atoms with Crippen LogP contribution >= 0.6 is 11.6 Å². The van der Waals surface area contributed by atoms with Crippen molar-refractivity contribution in [1.29, 1.82) is 5.41 Å². The van der Waals surface area contributed by atoms with Crippen LogP contribution in [-0.4, -0.2) is 18.7 Å². The monoisotopic (exact) mass is 366 g/mol. The first-order valence-corrected chi connectivity index (χ1v) is 8.66. The van der Waals surface area contributed by atoms with Crippen molar-refractivity contribution in [3.63, 3.8) is 0 Å². The number of hydrogen-bond acceptors (Lipinski definition) is 3. The van der Waals surface area contributed by atoms with Crippen LogP contribution in [0.1, 0.15) is 24.1 Å². The molecule has 0 spiro atoms. The van der Waals surface area contributed by atoms with Gasteiger partial charge in [-0.05, 0) is 42.1 Å². The zero-order valence-electron chi connectivity index (χ0n) is 14.3. The summed E-state index contributed by atoms with van der Waals surface area (Å²) in [7, 11) is 0. The maximum atomic E-state index is 12.2. The van der Waals surface area contributed by atoms with E-state index in [-0.39, 0.29) is 18.6 Å². The lowest BCUT2D eigenvalue weighted by Gasteiger charge is -2.15. The number of hydrogen-bond donors (Lipinski definition) is 2. The molecule has 132 valence electrons. The van der Waals surface area contributed by atoms with Crippen LogP contribution in [0.3, 0.4) is 0 Å². The van der Waals surface area contributed by atoms with Crippen molar-refractivity contribution >= 4 is 34.5 Å². The van der Waals surface area contributed by atoms with Crippen molar-refractivity contribution in [3.8, 4) is 5.75 Å². The number of benzene rings is 3. The lowest BCUT2D eigenvalue weighted by Crippen LogP contribution is -2.31. The summed E-state index contributed by atoms with van der Waals surface area (Å²) in [6.45, 7) is 1.83. The molecule has 3 rings (SSSR count). The van der Waals surface area contributed by atoms with E-state index >= 15 is 0 Å². The molecular weight excluding hydrogens is 348 g/mol. The molecule has 1 atom stereocenters. The summed E-state index contributed by atoms with van der Waals surface area (Å²) in [5, 5.41) is 12.9. The molecular formula is C21H19ClN2O2. The quantitative estimate of drug-likeness (QED) is 0.618. The lowest BCUT2D eigenvalue weighted by atomic mass is 10.0. The molecule has 0 aliphatic heterocycles. The Hall–Kier alpha value is -2.85. The molecule has 0 aliphatic carbocycles. The van der Waals surface area contributed by atoms with Crippen LogP contribution in [0.5, 0.6) is 5.75 Å².